The van der Waals surface area contributed by atoms with Gasteiger partial charge in [-0.05, 0) is 82.8 Å². The summed E-state index contributed by atoms with van der Waals surface area (Å²) in [5.74, 6) is 0.580. The minimum Gasteiger partial charge on any atom is -0.480 e. The van der Waals surface area contributed by atoms with E-state index in [-0.39, 0.29) is 6.61 Å². The van der Waals surface area contributed by atoms with Gasteiger partial charge < -0.3 is 14.2 Å². The molecule has 0 bridgehead atoms. The van der Waals surface area contributed by atoms with Gasteiger partial charge in [0.1, 0.15) is 17.4 Å². The fourth-order valence-corrected chi connectivity index (χ4v) is 4.64. The van der Waals surface area contributed by atoms with E-state index >= 15 is 0 Å². The highest BCUT2D eigenvalue weighted by molar-refractivity contribution is 14.1. The number of nitriles is 1. The van der Waals surface area contributed by atoms with E-state index in [4.69, 9.17) is 14.2 Å². The Kier molecular flexibility index (Phi) is 9.73. The van der Waals surface area contributed by atoms with E-state index < -0.39 is 5.97 Å². The summed E-state index contributed by atoms with van der Waals surface area (Å²) in [7, 11) is 1.57. The molecule has 0 saturated heterocycles. The van der Waals surface area contributed by atoms with Crippen LogP contribution in [0.4, 0.5) is 5.82 Å². The van der Waals surface area contributed by atoms with Crippen LogP contribution in [0.5, 0.6) is 5.75 Å². The molecule has 1 heterocycles. The van der Waals surface area contributed by atoms with Crippen molar-refractivity contribution in [1.82, 2.24) is 4.98 Å². The van der Waals surface area contributed by atoms with Crippen LogP contribution < -0.4 is 10.2 Å². The number of carbonyl (C=O) groups excluding carboxylic acids is 1. The van der Waals surface area contributed by atoms with Gasteiger partial charge in [0, 0.05) is 18.4 Å². The predicted molar refractivity (Wildman–Crippen MR) is 130 cm³/mol. The topological polar surface area (TPSA) is 106 Å². The Morgan fingerprint density at radius 2 is 2.03 bits per heavy atom. The molecule has 1 N–H and O–H groups in total. The van der Waals surface area contributed by atoms with Gasteiger partial charge in [0.15, 0.2) is 12.4 Å². The molecule has 0 aliphatic carbocycles. The number of hydrogen-bond donors (Lipinski definition) is 1. The average Bonchev–Trinajstić information content (AvgIpc) is 2.67. The third-order valence-corrected chi connectivity index (χ3v) is 5.29. The van der Waals surface area contributed by atoms with Crippen LogP contribution in [0.15, 0.2) is 23.3 Å². The molecule has 10 heteroatoms. The number of aryl methyl sites for hydroxylation is 1. The van der Waals surface area contributed by atoms with Crippen LogP contribution in [-0.4, -0.2) is 37.5 Å². The Morgan fingerprint density at radius 1 is 1.33 bits per heavy atom. The lowest BCUT2D eigenvalue weighted by Crippen LogP contribution is -2.15. The number of nitrogens with one attached hydrogen (secondary N) is 1. The molecule has 0 unspecified atom stereocenters. The third-order valence-electron chi connectivity index (χ3n) is 3.69. The summed E-state index contributed by atoms with van der Waals surface area (Å²) in [6.45, 7) is 4.07. The fourth-order valence-electron chi connectivity index (χ4n) is 2.51. The number of nitrogens with zero attached hydrogens (tertiary/aromatic N) is 3. The molecule has 0 amide bonds. The molecule has 1 aromatic carbocycles. The zero-order valence-electron chi connectivity index (χ0n) is 16.7. The summed E-state index contributed by atoms with van der Waals surface area (Å²) in [4.78, 5) is 15.9. The van der Waals surface area contributed by atoms with Crippen LogP contribution in [0.3, 0.4) is 0 Å². The lowest BCUT2D eigenvalue weighted by molar-refractivity contribution is -0.145. The number of pyridine rings is 1. The number of benzene rings is 1. The minimum atomic E-state index is -0.411. The summed E-state index contributed by atoms with van der Waals surface area (Å²) < 4.78 is 17.3. The summed E-state index contributed by atoms with van der Waals surface area (Å²) in [6.07, 6.45) is 1.63. The van der Waals surface area contributed by atoms with E-state index in [1.807, 2.05) is 25.1 Å². The smallest absolute Gasteiger partial charge is 0.344 e. The molecular formula is C20H20I2N4O4. The Balaban J connectivity index is 2.16. The number of rotatable bonds is 9. The first-order valence-corrected chi connectivity index (χ1v) is 11.0. The molecule has 0 saturated carbocycles. The van der Waals surface area contributed by atoms with Crippen LogP contribution >= 0.6 is 45.2 Å². The Bertz CT molecular complexity index is 966. The molecule has 0 aliphatic rings. The highest BCUT2D eigenvalue weighted by Crippen LogP contribution is 2.28. The number of anilines is 1. The maximum Gasteiger partial charge on any atom is 0.344 e. The van der Waals surface area contributed by atoms with E-state index in [2.05, 4.69) is 66.8 Å². The number of carbonyl (C=O) groups is 1. The van der Waals surface area contributed by atoms with Crippen molar-refractivity contribution in [2.45, 2.75) is 20.5 Å². The minimum absolute atomic E-state index is 0.144. The van der Waals surface area contributed by atoms with Crippen LogP contribution in [0.25, 0.3) is 0 Å². The standard InChI is InChI=1S/C20H20I2N4O4/c1-4-29-18(27)11-30-19-16(21)6-13(7-17(19)22)9-24-26-20-15(8-23)14(10-28-3)5-12(2)25-20/h5-7,9H,4,10-11H2,1-3H3,(H,25,26)/b24-9+. The SMILES string of the molecule is CCOC(=O)COc1c(I)cc(/C=N/Nc2nc(C)cc(COC)c2C#N)cc1I. The summed E-state index contributed by atoms with van der Waals surface area (Å²) >= 11 is 4.28. The largest absolute Gasteiger partial charge is 0.480 e. The normalized spacial score (nSPS) is 10.7. The monoisotopic (exact) mass is 634 g/mol. The van der Waals surface area contributed by atoms with Gasteiger partial charge in [0.25, 0.3) is 0 Å². The quantitative estimate of drug-likeness (QED) is 0.193. The molecular weight excluding hydrogens is 614 g/mol. The van der Waals surface area contributed by atoms with E-state index in [0.717, 1.165) is 24.0 Å². The molecule has 1 aromatic heterocycles. The summed E-state index contributed by atoms with van der Waals surface area (Å²) in [6, 6.07) is 7.71. The van der Waals surface area contributed by atoms with Gasteiger partial charge in [-0.1, -0.05) is 0 Å². The van der Waals surface area contributed by atoms with Crippen molar-refractivity contribution in [3.05, 3.63) is 47.7 Å². The van der Waals surface area contributed by atoms with E-state index in [1.54, 1.807) is 20.2 Å². The van der Waals surface area contributed by atoms with Crippen molar-refractivity contribution in [2.75, 3.05) is 25.7 Å². The van der Waals surface area contributed by atoms with E-state index in [0.29, 0.717) is 30.3 Å². The zero-order valence-corrected chi connectivity index (χ0v) is 21.0. The zero-order chi connectivity index (χ0) is 22.1. The second-order valence-electron chi connectivity index (χ2n) is 5.97. The van der Waals surface area contributed by atoms with Crippen LogP contribution in [0, 0.1) is 25.4 Å². The van der Waals surface area contributed by atoms with Crippen molar-refractivity contribution in [3.63, 3.8) is 0 Å². The van der Waals surface area contributed by atoms with Gasteiger partial charge in [-0.15, -0.1) is 0 Å². The predicted octanol–water partition coefficient (Wildman–Crippen LogP) is 4.01. The van der Waals surface area contributed by atoms with E-state index in [1.165, 1.54) is 0 Å². The Hall–Kier alpha value is -1.98. The van der Waals surface area contributed by atoms with Crippen LogP contribution in [-0.2, 0) is 20.9 Å². The number of ether oxygens (including phenoxy) is 3. The molecule has 30 heavy (non-hydrogen) atoms. The van der Waals surface area contributed by atoms with Gasteiger partial charge in [-0.2, -0.15) is 10.4 Å². The van der Waals surface area contributed by atoms with Crippen molar-refractivity contribution < 1.29 is 19.0 Å². The lowest BCUT2D eigenvalue weighted by atomic mass is 10.1. The number of halogens is 2. The molecule has 0 fully saturated rings. The fraction of sp³-hybridized carbons (Fsp3) is 0.300. The number of aromatic nitrogens is 1. The molecule has 2 rings (SSSR count). The van der Waals surface area contributed by atoms with Gasteiger partial charge in [0.05, 0.1) is 26.6 Å². The lowest BCUT2D eigenvalue weighted by Gasteiger charge is -2.11. The molecule has 8 nitrogen and oxygen atoms in total. The van der Waals surface area contributed by atoms with Crippen LogP contribution in [0.2, 0.25) is 0 Å². The van der Waals surface area contributed by atoms with Gasteiger partial charge in [-0.25, -0.2) is 9.78 Å². The second-order valence-corrected chi connectivity index (χ2v) is 8.29. The Morgan fingerprint density at radius 3 is 2.63 bits per heavy atom. The Labute approximate surface area is 202 Å². The molecule has 0 radical (unpaired) electrons. The van der Waals surface area contributed by atoms with Crippen molar-refractivity contribution in [1.29, 1.82) is 5.26 Å². The third kappa shape index (κ3) is 6.78. The first-order chi connectivity index (χ1) is 14.4. The average molecular weight is 634 g/mol. The van der Waals surface area contributed by atoms with E-state index in [9.17, 15) is 10.1 Å². The first kappa shape index (κ1) is 24.3. The highest BCUT2D eigenvalue weighted by atomic mass is 127. The van der Waals surface area contributed by atoms with Crippen molar-refractivity contribution in [3.8, 4) is 11.8 Å². The number of hydrazone groups is 1. The van der Waals surface area contributed by atoms with Crippen LogP contribution in [0.1, 0.15) is 29.3 Å². The first-order valence-electron chi connectivity index (χ1n) is 8.85. The highest BCUT2D eigenvalue weighted by Gasteiger charge is 2.12. The molecule has 0 atom stereocenters. The number of esters is 1. The van der Waals surface area contributed by atoms with Gasteiger partial charge in [-0.3, -0.25) is 5.43 Å². The molecule has 158 valence electrons. The van der Waals surface area contributed by atoms with Crippen molar-refractivity contribution in [2.24, 2.45) is 5.10 Å². The summed E-state index contributed by atoms with van der Waals surface area (Å²) in [5.41, 5.74) is 5.56. The van der Waals surface area contributed by atoms with Crippen molar-refractivity contribution >= 4 is 63.2 Å². The second kappa shape index (κ2) is 12.0. The number of hydrogen-bond acceptors (Lipinski definition) is 8. The molecule has 2 aromatic rings. The van der Waals surface area contributed by atoms with Gasteiger partial charge in [0.2, 0.25) is 0 Å². The maximum absolute atomic E-state index is 11.5. The molecule has 0 aliphatic heterocycles. The van der Waals surface area contributed by atoms with Gasteiger partial charge >= 0.3 is 5.97 Å². The number of methoxy groups -OCH3 is 1. The molecule has 0 spiro atoms. The maximum atomic E-state index is 11.5. The summed E-state index contributed by atoms with van der Waals surface area (Å²) in [5, 5.41) is 13.7.